The minimum atomic E-state index is -0.280. The second-order valence-corrected chi connectivity index (χ2v) is 5.39. The SMILES string of the molecule is O=C1CCC(c2ccc(Br)c3ncccc23)C(=O)N1. The van der Waals surface area contributed by atoms with Crippen LogP contribution in [0.25, 0.3) is 10.9 Å². The predicted octanol–water partition coefficient (Wildman–Crippen LogP) is 2.52. The van der Waals surface area contributed by atoms with E-state index in [1.54, 1.807) is 6.20 Å². The number of piperidine rings is 1. The van der Waals surface area contributed by atoms with Crippen molar-refractivity contribution in [1.29, 1.82) is 0 Å². The summed E-state index contributed by atoms with van der Waals surface area (Å²) in [5, 5.41) is 3.35. The lowest BCUT2D eigenvalue weighted by atomic mass is 9.88. The smallest absolute Gasteiger partial charge is 0.234 e. The molecule has 5 heteroatoms. The molecule has 0 spiro atoms. The van der Waals surface area contributed by atoms with Gasteiger partial charge >= 0.3 is 0 Å². The van der Waals surface area contributed by atoms with Crippen molar-refractivity contribution >= 4 is 38.6 Å². The van der Waals surface area contributed by atoms with E-state index in [1.165, 1.54) is 0 Å². The van der Waals surface area contributed by atoms with Crippen molar-refractivity contribution in [3.05, 3.63) is 40.5 Å². The first kappa shape index (κ1) is 12.3. The molecule has 1 fully saturated rings. The zero-order valence-corrected chi connectivity index (χ0v) is 11.6. The number of carbonyl (C=O) groups excluding carboxylic acids is 2. The van der Waals surface area contributed by atoms with Gasteiger partial charge in [-0.2, -0.15) is 0 Å². The molecule has 2 amide bonds. The van der Waals surface area contributed by atoms with Gasteiger partial charge in [-0.15, -0.1) is 0 Å². The van der Waals surface area contributed by atoms with Gasteiger partial charge in [-0.3, -0.25) is 19.9 Å². The predicted molar refractivity (Wildman–Crippen MR) is 74.6 cm³/mol. The van der Waals surface area contributed by atoms with E-state index in [0.717, 1.165) is 20.9 Å². The molecule has 1 atom stereocenters. The van der Waals surface area contributed by atoms with Crippen molar-refractivity contribution in [3.8, 4) is 0 Å². The average molecular weight is 319 g/mol. The summed E-state index contributed by atoms with van der Waals surface area (Å²) in [5.74, 6) is -0.693. The molecule has 1 aliphatic rings. The fraction of sp³-hybridized carbons (Fsp3) is 0.214. The number of pyridine rings is 1. The molecule has 1 aromatic carbocycles. The summed E-state index contributed by atoms with van der Waals surface area (Å²) in [5.41, 5.74) is 1.76. The Labute approximate surface area is 118 Å². The van der Waals surface area contributed by atoms with E-state index in [-0.39, 0.29) is 17.7 Å². The molecular formula is C14H11BrN2O2. The van der Waals surface area contributed by atoms with Crippen molar-refractivity contribution in [2.75, 3.05) is 0 Å². The van der Waals surface area contributed by atoms with Crippen LogP contribution in [0, 0.1) is 0 Å². The molecule has 2 heterocycles. The number of halogens is 1. The first-order chi connectivity index (χ1) is 9.16. The van der Waals surface area contributed by atoms with Gasteiger partial charge in [-0.25, -0.2) is 0 Å². The first-order valence-corrected chi connectivity index (χ1v) is 6.83. The number of benzene rings is 1. The number of hydrogen-bond acceptors (Lipinski definition) is 3. The molecule has 2 aromatic rings. The number of aromatic nitrogens is 1. The quantitative estimate of drug-likeness (QED) is 0.822. The summed E-state index contributed by atoms with van der Waals surface area (Å²) in [6, 6.07) is 7.62. The van der Waals surface area contributed by atoms with Crippen molar-refractivity contribution in [2.24, 2.45) is 0 Å². The summed E-state index contributed by atoms with van der Waals surface area (Å²) in [7, 11) is 0. The minimum absolute atomic E-state index is 0.194. The molecule has 0 radical (unpaired) electrons. The highest BCUT2D eigenvalue weighted by Gasteiger charge is 2.29. The Kier molecular flexibility index (Phi) is 3.06. The molecule has 1 saturated heterocycles. The Morgan fingerprint density at radius 2 is 2.11 bits per heavy atom. The fourth-order valence-electron chi connectivity index (χ4n) is 2.45. The lowest BCUT2D eigenvalue weighted by Gasteiger charge is -2.22. The van der Waals surface area contributed by atoms with Gasteiger partial charge in [0.1, 0.15) is 0 Å². The highest BCUT2D eigenvalue weighted by Crippen LogP contribution is 2.33. The van der Waals surface area contributed by atoms with E-state index in [9.17, 15) is 9.59 Å². The maximum absolute atomic E-state index is 12.0. The Morgan fingerprint density at radius 1 is 1.26 bits per heavy atom. The van der Waals surface area contributed by atoms with Gasteiger partial charge in [-0.1, -0.05) is 12.1 Å². The monoisotopic (exact) mass is 318 g/mol. The van der Waals surface area contributed by atoms with Crippen LogP contribution in [0.3, 0.4) is 0 Å². The molecule has 0 saturated carbocycles. The molecular weight excluding hydrogens is 308 g/mol. The molecule has 1 N–H and O–H groups in total. The van der Waals surface area contributed by atoms with Crippen molar-refractivity contribution < 1.29 is 9.59 Å². The summed E-state index contributed by atoms with van der Waals surface area (Å²) in [6.07, 6.45) is 2.66. The molecule has 0 aliphatic carbocycles. The second-order valence-electron chi connectivity index (χ2n) is 4.54. The minimum Gasteiger partial charge on any atom is -0.296 e. The molecule has 1 aromatic heterocycles. The topological polar surface area (TPSA) is 59.1 Å². The number of hydrogen-bond donors (Lipinski definition) is 1. The molecule has 1 aliphatic heterocycles. The lowest BCUT2D eigenvalue weighted by Crippen LogP contribution is -2.39. The van der Waals surface area contributed by atoms with Crippen LogP contribution in [0.2, 0.25) is 0 Å². The summed E-state index contributed by atoms with van der Waals surface area (Å²) in [4.78, 5) is 27.5. The van der Waals surface area contributed by atoms with Crippen LogP contribution < -0.4 is 5.32 Å². The Morgan fingerprint density at radius 3 is 2.89 bits per heavy atom. The normalized spacial score (nSPS) is 19.5. The third kappa shape index (κ3) is 2.14. The van der Waals surface area contributed by atoms with Crippen molar-refractivity contribution in [3.63, 3.8) is 0 Å². The maximum Gasteiger partial charge on any atom is 0.234 e. The van der Waals surface area contributed by atoms with Gasteiger partial charge in [0.2, 0.25) is 11.8 Å². The van der Waals surface area contributed by atoms with E-state index in [4.69, 9.17) is 0 Å². The van der Waals surface area contributed by atoms with Gasteiger partial charge in [0.25, 0.3) is 0 Å². The highest BCUT2D eigenvalue weighted by molar-refractivity contribution is 9.10. The number of amides is 2. The standard InChI is InChI=1S/C14H11BrN2O2/c15-11-5-3-8(9-2-1-7-16-13(9)11)10-4-6-12(18)17-14(10)19/h1-3,5,7,10H,4,6H2,(H,17,18,19). The third-order valence-corrected chi connectivity index (χ3v) is 4.01. The van der Waals surface area contributed by atoms with Crippen molar-refractivity contribution in [1.82, 2.24) is 10.3 Å². The number of carbonyl (C=O) groups is 2. The van der Waals surface area contributed by atoms with Crippen LogP contribution in [0.15, 0.2) is 34.9 Å². The molecule has 96 valence electrons. The molecule has 3 rings (SSSR count). The van der Waals surface area contributed by atoms with Crippen molar-refractivity contribution in [2.45, 2.75) is 18.8 Å². The molecule has 19 heavy (non-hydrogen) atoms. The first-order valence-electron chi connectivity index (χ1n) is 6.03. The van der Waals surface area contributed by atoms with Gasteiger partial charge in [-0.05, 0) is 40.0 Å². The van der Waals surface area contributed by atoms with E-state index in [2.05, 4.69) is 26.2 Å². The van der Waals surface area contributed by atoms with Crippen LogP contribution in [0.4, 0.5) is 0 Å². The van der Waals surface area contributed by atoms with Crippen LogP contribution in [0.1, 0.15) is 24.3 Å². The zero-order valence-electron chi connectivity index (χ0n) is 10.0. The van der Waals surface area contributed by atoms with E-state index in [0.29, 0.717) is 12.8 Å². The summed E-state index contributed by atoms with van der Waals surface area (Å²) < 4.78 is 0.902. The number of nitrogens with one attached hydrogen (secondary N) is 1. The Balaban J connectivity index is 2.13. The maximum atomic E-state index is 12.0. The Hall–Kier alpha value is -1.75. The zero-order chi connectivity index (χ0) is 13.4. The van der Waals surface area contributed by atoms with Crippen LogP contribution in [0.5, 0.6) is 0 Å². The largest absolute Gasteiger partial charge is 0.296 e. The van der Waals surface area contributed by atoms with Gasteiger partial charge in [0, 0.05) is 22.5 Å². The molecule has 1 unspecified atom stereocenters. The van der Waals surface area contributed by atoms with Gasteiger partial charge in [0.05, 0.1) is 11.4 Å². The highest BCUT2D eigenvalue weighted by atomic mass is 79.9. The fourth-order valence-corrected chi connectivity index (χ4v) is 2.90. The van der Waals surface area contributed by atoms with Gasteiger partial charge in [0.15, 0.2) is 0 Å². The number of imide groups is 1. The number of nitrogens with zero attached hydrogens (tertiary/aromatic N) is 1. The molecule has 0 bridgehead atoms. The average Bonchev–Trinajstić information content (AvgIpc) is 2.41. The van der Waals surface area contributed by atoms with E-state index < -0.39 is 0 Å². The Bertz CT molecular complexity index is 684. The second kappa shape index (κ2) is 4.74. The van der Waals surface area contributed by atoms with Crippen LogP contribution in [-0.2, 0) is 9.59 Å². The summed E-state index contributed by atoms with van der Waals surface area (Å²) in [6.45, 7) is 0. The van der Waals surface area contributed by atoms with Crippen LogP contribution in [-0.4, -0.2) is 16.8 Å². The van der Waals surface area contributed by atoms with E-state index >= 15 is 0 Å². The van der Waals surface area contributed by atoms with Crippen LogP contribution >= 0.6 is 15.9 Å². The third-order valence-electron chi connectivity index (χ3n) is 3.37. The number of fused-ring (bicyclic) bond motifs is 1. The van der Waals surface area contributed by atoms with E-state index in [1.807, 2.05) is 24.3 Å². The molecule has 4 nitrogen and oxygen atoms in total. The lowest BCUT2D eigenvalue weighted by molar-refractivity contribution is -0.134. The summed E-state index contributed by atoms with van der Waals surface area (Å²) >= 11 is 3.46. The van der Waals surface area contributed by atoms with Gasteiger partial charge < -0.3 is 0 Å². The number of rotatable bonds is 1.